The van der Waals surface area contributed by atoms with Crippen molar-refractivity contribution < 1.29 is 4.79 Å². The molecule has 0 unspecified atom stereocenters. The van der Waals surface area contributed by atoms with Gasteiger partial charge in [0.15, 0.2) is 5.65 Å². The number of amides is 1. The number of carbonyl (C=O) groups excluding carboxylic acids is 1. The standard InChI is InChI=1S/C18H27N5O/c1-7-12(5)20-18(24)16-21-15-14(11(4)10-13(6)19-15)17(22-16)23(8-2)9-3/h10,12H,7-9H2,1-6H3,(H,20,24)/t12-/m1/s1. The molecule has 1 amide bonds. The van der Waals surface area contributed by atoms with Gasteiger partial charge in [0.25, 0.3) is 5.91 Å². The molecule has 2 aromatic rings. The van der Waals surface area contributed by atoms with E-state index in [4.69, 9.17) is 0 Å². The van der Waals surface area contributed by atoms with Gasteiger partial charge in [0.05, 0.1) is 5.39 Å². The second-order valence-electron chi connectivity index (χ2n) is 6.11. The molecule has 6 nitrogen and oxygen atoms in total. The molecule has 130 valence electrons. The van der Waals surface area contributed by atoms with Crippen LogP contribution in [-0.2, 0) is 0 Å². The van der Waals surface area contributed by atoms with Crippen molar-refractivity contribution in [2.75, 3.05) is 18.0 Å². The first-order chi connectivity index (χ1) is 11.4. The number of nitrogens with zero attached hydrogens (tertiary/aromatic N) is 4. The van der Waals surface area contributed by atoms with Crippen LogP contribution in [0.15, 0.2) is 6.07 Å². The van der Waals surface area contributed by atoms with Gasteiger partial charge in [0.1, 0.15) is 5.82 Å². The first-order valence-electron chi connectivity index (χ1n) is 8.62. The predicted octanol–water partition coefficient (Wildman–Crippen LogP) is 3.02. The number of pyridine rings is 1. The predicted molar refractivity (Wildman–Crippen MR) is 97.6 cm³/mol. The molecule has 0 aromatic carbocycles. The summed E-state index contributed by atoms with van der Waals surface area (Å²) in [4.78, 5) is 28.2. The highest BCUT2D eigenvalue weighted by atomic mass is 16.2. The lowest BCUT2D eigenvalue weighted by Gasteiger charge is -2.23. The molecule has 0 saturated carbocycles. The number of aromatic nitrogens is 3. The van der Waals surface area contributed by atoms with Crippen molar-refractivity contribution in [1.82, 2.24) is 20.3 Å². The molecule has 6 heteroatoms. The highest BCUT2D eigenvalue weighted by Gasteiger charge is 2.20. The van der Waals surface area contributed by atoms with Gasteiger partial charge in [0.2, 0.25) is 5.82 Å². The summed E-state index contributed by atoms with van der Waals surface area (Å²) in [6, 6.07) is 2.11. The molecule has 0 aliphatic heterocycles. The summed E-state index contributed by atoms with van der Waals surface area (Å²) in [5.41, 5.74) is 2.55. The van der Waals surface area contributed by atoms with Gasteiger partial charge in [-0.3, -0.25) is 4.79 Å². The number of hydrogen-bond donors (Lipinski definition) is 1. The molecule has 0 aliphatic rings. The Bertz CT molecular complexity index is 740. The van der Waals surface area contributed by atoms with Crippen LogP contribution in [0.1, 0.15) is 56.0 Å². The van der Waals surface area contributed by atoms with Gasteiger partial charge >= 0.3 is 0 Å². The van der Waals surface area contributed by atoms with E-state index in [1.807, 2.05) is 33.8 Å². The van der Waals surface area contributed by atoms with Crippen molar-refractivity contribution in [1.29, 1.82) is 0 Å². The minimum Gasteiger partial charge on any atom is -0.356 e. The van der Waals surface area contributed by atoms with Crippen LogP contribution in [-0.4, -0.2) is 40.0 Å². The molecule has 2 heterocycles. The van der Waals surface area contributed by atoms with Crippen molar-refractivity contribution in [2.45, 2.75) is 54.0 Å². The van der Waals surface area contributed by atoms with E-state index in [1.54, 1.807) is 0 Å². The Hall–Kier alpha value is -2.24. The minimum atomic E-state index is -0.249. The van der Waals surface area contributed by atoms with E-state index in [0.717, 1.165) is 42.0 Å². The van der Waals surface area contributed by atoms with Crippen molar-refractivity contribution in [3.63, 3.8) is 0 Å². The van der Waals surface area contributed by atoms with Crippen LogP contribution in [0.25, 0.3) is 11.0 Å². The number of hydrogen-bond acceptors (Lipinski definition) is 5. The average molecular weight is 329 g/mol. The minimum absolute atomic E-state index is 0.0842. The molecular weight excluding hydrogens is 302 g/mol. The van der Waals surface area contributed by atoms with Gasteiger partial charge in [-0.1, -0.05) is 6.92 Å². The number of fused-ring (bicyclic) bond motifs is 1. The summed E-state index contributed by atoms with van der Waals surface area (Å²) in [6.45, 7) is 13.7. The molecule has 2 aromatic heterocycles. The van der Waals surface area contributed by atoms with Crippen molar-refractivity contribution in [3.8, 4) is 0 Å². The summed E-state index contributed by atoms with van der Waals surface area (Å²) in [6.07, 6.45) is 0.860. The molecule has 1 N–H and O–H groups in total. The van der Waals surface area contributed by atoms with Crippen molar-refractivity contribution in [2.24, 2.45) is 0 Å². The number of anilines is 1. The lowest BCUT2D eigenvalue weighted by atomic mass is 10.1. The zero-order valence-electron chi connectivity index (χ0n) is 15.5. The van der Waals surface area contributed by atoms with Crippen molar-refractivity contribution in [3.05, 3.63) is 23.1 Å². The summed E-state index contributed by atoms with van der Waals surface area (Å²) in [5.74, 6) is 0.715. The number of carbonyl (C=O) groups is 1. The maximum absolute atomic E-state index is 12.5. The zero-order valence-corrected chi connectivity index (χ0v) is 15.5. The summed E-state index contributed by atoms with van der Waals surface area (Å²) in [5, 5.41) is 3.85. The molecule has 0 bridgehead atoms. The summed E-state index contributed by atoms with van der Waals surface area (Å²) in [7, 11) is 0. The molecule has 24 heavy (non-hydrogen) atoms. The van der Waals surface area contributed by atoms with Crippen LogP contribution >= 0.6 is 0 Å². The lowest BCUT2D eigenvalue weighted by molar-refractivity contribution is 0.0929. The number of aryl methyl sites for hydroxylation is 2. The van der Waals surface area contributed by atoms with Crippen LogP contribution < -0.4 is 10.2 Å². The Morgan fingerprint density at radius 3 is 2.42 bits per heavy atom. The quantitative estimate of drug-likeness (QED) is 0.882. The third kappa shape index (κ3) is 3.63. The highest BCUT2D eigenvalue weighted by molar-refractivity contribution is 5.96. The van der Waals surface area contributed by atoms with E-state index >= 15 is 0 Å². The Labute approximate surface area is 143 Å². The van der Waals surface area contributed by atoms with Gasteiger partial charge in [-0.15, -0.1) is 0 Å². The maximum atomic E-state index is 12.5. The molecular formula is C18H27N5O. The third-order valence-electron chi connectivity index (χ3n) is 4.23. The van der Waals surface area contributed by atoms with Crippen LogP contribution in [0.3, 0.4) is 0 Å². The number of rotatable bonds is 6. The Kier molecular flexibility index (Phi) is 5.70. The zero-order chi connectivity index (χ0) is 17.9. The Morgan fingerprint density at radius 1 is 1.17 bits per heavy atom. The van der Waals surface area contributed by atoms with E-state index < -0.39 is 0 Å². The fourth-order valence-electron chi connectivity index (χ4n) is 2.70. The Balaban J connectivity index is 2.64. The van der Waals surface area contributed by atoms with Crippen LogP contribution in [0.4, 0.5) is 5.82 Å². The highest BCUT2D eigenvalue weighted by Crippen LogP contribution is 2.26. The first kappa shape index (κ1) is 18.1. The van der Waals surface area contributed by atoms with E-state index in [1.165, 1.54) is 0 Å². The average Bonchev–Trinajstić information content (AvgIpc) is 2.54. The molecule has 0 fully saturated rings. The molecule has 0 aliphatic carbocycles. The maximum Gasteiger partial charge on any atom is 0.289 e. The molecule has 1 atom stereocenters. The second-order valence-corrected chi connectivity index (χ2v) is 6.11. The van der Waals surface area contributed by atoms with E-state index in [2.05, 4.69) is 39.0 Å². The van der Waals surface area contributed by atoms with Gasteiger partial charge in [0, 0.05) is 24.8 Å². The van der Waals surface area contributed by atoms with Crippen molar-refractivity contribution >= 4 is 22.8 Å². The third-order valence-corrected chi connectivity index (χ3v) is 4.23. The molecule has 2 rings (SSSR count). The van der Waals surface area contributed by atoms with E-state index in [-0.39, 0.29) is 17.8 Å². The van der Waals surface area contributed by atoms with Crippen LogP contribution in [0, 0.1) is 13.8 Å². The summed E-state index contributed by atoms with van der Waals surface area (Å²) >= 11 is 0. The molecule has 0 saturated heterocycles. The van der Waals surface area contributed by atoms with E-state index in [0.29, 0.717) is 5.65 Å². The first-order valence-corrected chi connectivity index (χ1v) is 8.62. The van der Waals surface area contributed by atoms with Gasteiger partial charge in [-0.05, 0) is 52.7 Å². The topological polar surface area (TPSA) is 71.0 Å². The van der Waals surface area contributed by atoms with Gasteiger partial charge < -0.3 is 10.2 Å². The van der Waals surface area contributed by atoms with Crippen LogP contribution in [0.5, 0.6) is 0 Å². The van der Waals surface area contributed by atoms with Gasteiger partial charge in [-0.2, -0.15) is 0 Å². The molecule has 0 radical (unpaired) electrons. The lowest BCUT2D eigenvalue weighted by Crippen LogP contribution is -2.34. The fourth-order valence-corrected chi connectivity index (χ4v) is 2.70. The van der Waals surface area contributed by atoms with E-state index in [9.17, 15) is 4.79 Å². The largest absolute Gasteiger partial charge is 0.356 e. The molecule has 0 spiro atoms. The fraction of sp³-hybridized carbons (Fsp3) is 0.556. The summed E-state index contributed by atoms with van der Waals surface area (Å²) < 4.78 is 0. The Morgan fingerprint density at radius 2 is 1.83 bits per heavy atom. The number of nitrogens with one attached hydrogen (secondary N) is 1. The smallest absolute Gasteiger partial charge is 0.289 e. The van der Waals surface area contributed by atoms with Crippen LogP contribution in [0.2, 0.25) is 0 Å². The monoisotopic (exact) mass is 329 g/mol. The second kappa shape index (κ2) is 7.55. The van der Waals surface area contributed by atoms with Gasteiger partial charge in [-0.25, -0.2) is 15.0 Å². The normalized spacial score (nSPS) is 12.2. The SMILES string of the molecule is CC[C@@H](C)NC(=O)c1nc(N(CC)CC)c2c(C)cc(C)nc2n1.